The van der Waals surface area contributed by atoms with Gasteiger partial charge in [0.1, 0.15) is 18.8 Å². The van der Waals surface area contributed by atoms with E-state index in [-0.39, 0.29) is 18.2 Å². The molecule has 0 aliphatic heterocycles. The molecule has 0 unspecified atom stereocenters. The summed E-state index contributed by atoms with van der Waals surface area (Å²) in [5, 5.41) is 9.76. The first-order valence-electron chi connectivity index (χ1n) is 9.84. The van der Waals surface area contributed by atoms with Crippen LogP contribution in [0.3, 0.4) is 0 Å². The fraction of sp³-hybridized carbons (Fsp3) is 0.0833. The summed E-state index contributed by atoms with van der Waals surface area (Å²) in [5.41, 5.74) is 3.46. The van der Waals surface area contributed by atoms with Crippen molar-refractivity contribution in [1.82, 2.24) is 15.2 Å². The summed E-state index contributed by atoms with van der Waals surface area (Å²) in [6.07, 6.45) is 2.77. The van der Waals surface area contributed by atoms with Gasteiger partial charge in [0, 0.05) is 18.0 Å². The van der Waals surface area contributed by atoms with Crippen LogP contribution in [0.15, 0.2) is 79.1 Å². The van der Waals surface area contributed by atoms with Gasteiger partial charge in [-0.15, -0.1) is 0 Å². The molecule has 7 nitrogen and oxygen atoms in total. The quantitative estimate of drug-likeness (QED) is 0.336. The normalized spacial score (nSPS) is 10.5. The molecular formula is C24H19FN4O3. The van der Waals surface area contributed by atoms with Crippen LogP contribution >= 0.6 is 0 Å². The molecule has 0 atom stereocenters. The van der Waals surface area contributed by atoms with Gasteiger partial charge in [-0.05, 0) is 47.5 Å². The lowest BCUT2D eigenvalue weighted by Gasteiger charge is -2.08. The smallest absolute Gasteiger partial charge is 0.315 e. The summed E-state index contributed by atoms with van der Waals surface area (Å²) in [4.78, 5) is 28.6. The molecule has 0 saturated carbocycles. The fourth-order valence-corrected chi connectivity index (χ4v) is 3.15. The number of halogens is 1. The molecule has 160 valence electrons. The van der Waals surface area contributed by atoms with E-state index >= 15 is 0 Å². The van der Waals surface area contributed by atoms with E-state index in [2.05, 4.69) is 20.5 Å². The largest absolute Gasteiger partial charge is 0.460 e. The molecule has 0 aliphatic rings. The lowest BCUT2D eigenvalue weighted by Crippen LogP contribution is -2.18. The van der Waals surface area contributed by atoms with Gasteiger partial charge in [0.2, 0.25) is 5.91 Å². The molecule has 2 heterocycles. The Morgan fingerprint density at radius 2 is 1.66 bits per heavy atom. The second kappa shape index (κ2) is 9.65. The average molecular weight is 430 g/mol. The van der Waals surface area contributed by atoms with Crippen LogP contribution in [-0.4, -0.2) is 27.1 Å². The van der Waals surface area contributed by atoms with Gasteiger partial charge in [0.15, 0.2) is 5.82 Å². The zero-order valence-electron chi connectivity index (χ0n) is 16.9. The number of anilines is 1. The van der Waals surface area contributed by atoms with Crippen molar-refractivity contribution >= 4 is 17.7 Å². The van der Waals surface area contributed by atoms with Crippen molar-refractivity contribution in [1.29, 1.82) is 0 Å². The van der Waals surface area contributed by atoms with E-state index < -0.39 is 18.3 Å². The van der Waals surface area contributed by atoms with Crippen LogP contribution < -0.4 is 5.32 Å². The van der Waals surface area contributed by atoms with Crippen molar-refractivity contribution in [2.45, 2.75) is 13.0 Å². The molecule has 0 aliphatic carbocycles. The van der Waals surface area contributed by atoms with E-state index in [1.54, 1.807) is 36.7 Å². The van der Waals surface area contributed by atoms with E-state index in [4.69, 9.17) is 4.74 Å². The van der Waals surface area contributed by atoms with Crippen molar-refractivity contribution in [3.05, 3.63) is 90.5 Å². The lowest BCUT2D eigenvalue weighted by molar-refractivity contribution is -0.146. The van der Waals surface area contributed by atoms with Crippen LogP contribution in [-0.2, 0) is 20.9 Å². The predicted molar refractivity (Wildman–Crippen MR) is 117 cm³/mol. The number of aromatic nitrogens is 3. The van der Waals surface area contributed by atoms with Gasteiger partial charge in [-0.2, -0.15) is 5.10 Å². The number of esters is 1. The minimum absolute atomic E-state index is 0.0896. The highest BCUT2D eigenvalue weighted by molar-refractivity contribution is 6.04. The number of benzene rings is 2. The van der Waals surface area contributed by atoms with Gasteiger partial charge in [-0.1, -0.05) is 30.3 Å². The molecule has 2 N–H and O–H groups in total. The van der Waals surface area contributed by atoms with Crippen molar-refractivity contribution < 1.29 is 18.7 Å². The third-order valence-corrected chi connectivity index (χ3v) is 4.67. The number of hydrogen-bond donors (Lipinski definition) is 2. The zero-order chi connectivity index (χ0) is 22.3. The standard InChI is InChI=1S/C24H19FN4O3/c25-19-8-6-18(7-9-19)23-22(17-10-12-26-13-11-17)24(29-28-23)27-20(30)14-21(31)32-15-16-4-2-1-3-5-16/h1-13H,14-15H2,(H2,27,28,29,30). The molecule has 1 amide bonds. The Labute approximate surface area is 183 Å². The molecule has 8 heteroatoms. The average Bonchev–Trinajstić information content (AvgIpc) is 3.22. The SMILES string of the molecule is O=C(CC(=O)OCc1ccccc1)Nc1n[nH]c(-c2ccc(F)cc2)c1-c1ccncc1. The maximum Gasteiger partial charge on any atom is 0.315 e. The van der Waals surface area contributed by atoms with E-state index in [9.17, 15) is 14.0 Å². The fourth-order valence-electron chi connectivity index (χ4n) is 3.15. The summed E-state index contributed by atoms with van der Waals surface area (Å²) in [5.74, 6) is -1.32. The van der Waals surface area contributed by atoms with Crippen molar-refractivity contribution in [2.24, 2.45) is 0 Å². The van der Waals surface area contributed by atoms with E-state index in [1.807, 2.05) is 30.3 Å². The van der Waals surface area contributed by atoms with Crippen LogP contribution in [0.25, 0.3) is 22.4 Å². The van der Waals surface area contributed by atoms with Crippen LogP contribution in [0.5, 0.6) is 0 Å². The number of carbonyl (C=O) groups excluding carboxylic acids is 2. The Kier molecular flexibility index (Phi) is 6.31. The highest BCUT2D eigenvalue weighted by Crippen LogP contribution is 2.35. The van der Waals surface area contributed by atoms with E-state index in [1.165, 1.54) is 12.1 Å². The van der Waals surface area contributed by atoms with Crippen LogP contribution in [0.1, 0.15) is 12.0 Å². The molecule has 32 heavy (non-hydrogen) atoms. The van der Waals surface area contributed by atoms with Crippen molar-refractivity contribution in [3.63, 3.8) is 0 Å². The first-order valence-corrected chi connectivity index (χ1v) is 9.84. The Morgan fingerprint density at radius 3 is 2.38 bits per heavy atom. The summed E-state index contributed by atoms with van der Waals surface area (Å²) in [6, 6.07) is 18.6. The van der Waals surface area contributed by atoms with E-state index in [0.29, 0.717) is 16.8 Å². The van der Waals surface area contributed by atoms with Crippen molar-refractivity contribution in [2.75, 3.05) is 5.32 Å². The zero-order valence-corrected chi connectivity index (χ0v) is 16.9. The Hall–Kier alpha value is -4.33. The third kappa shape index (κ3) is 5.04. The van der Waals surface area contributed by atoms with E-state index in [0.717, 1.165) is 11.1 Å². The van der Waals surface area contributed by atoms with Gasteiger partial charge in [-0.3, -0.25) is 19.7 Å². The molecule has 2 aromatic carbocycles. The number of H-pyrrole nitrogens is 1. The Balaban J connectivity index is 1.51. The molecule has 0 bridgehead atoms. The number of hydrogen-bond acceptors (Lipinski definition) is 5. The summed E-state index contributed by atoms with van der Waals surface area (Å²) >= 11 is 0. The maximum atomic E-state index is 13.4. The summed E-state index contributed by atoms with van der Waals surface area (Å²) in [7, 11) is 0. The number of amides is 1. The van der Waals surface area contributed by atoms with Gasteiger partial charge in [0.05, 0.1) is 11.3 Å². The highest BCUT2D eigenvalue weighted by Gasteiger charge is 2.20. The highest BCUT2D eigenvalue weighted by atomic mass is 19.1. The molecule has 4 rings (SSSR count). The number of rotatable bonds is 7. The van der Waals surface area contributed by atoms with Gasteiger partial charge < -0.3 is 10.1 Å². The topological polar surface area (TPSA) is 97.0 Å². The molecule has 4 aromatic rings. The number of nitrogens with zero attached hydrogens (tertiary/aromatic N) is 2. The number of carbonyl (C=O) groups is 2. The summed E-state index contributed by atoms with van der Waals surface area (Å²) in [6.45, 7) is 0.0896. The second-order valence-corrected chi connectivity index (χ2v) is 6.94. The number of pyridine rings is 1. The van der Waals surface area contributed by atoms with Crippen LogP contribution in [0.2, 0.25) is 0 Å². The minimum Gasteiger partial charge on any atom is -0.460 e. The molecule has 2 aromatic heterocycles. The lowest BCUT2D eigenvalue weighted by atomic mass is 10.0. The number of aromatic amines is 1. The second-order valence-electron chi connectivity index (χ2n) is 6.94. The van der Waals surface area contributed by atoms with Crippen LogP contribution in [0.4, 0.5) is 10.2 Å². The monoisotopic (exact) mass is 430 g/mol. The first kappa shape index (κ1) is 20.9. The third-order valence-electron chi connectivity index (χ3n) is 4.67. The maximum absolute atomic E-state index is 13.4. The minimum atomic E-state index is -0.647. The Bertz CT molecular complexity index is 1210. The van der Waals surface area contributed by atoms with Crippen LogP contribution in [0, 0.1) is 5.82 Å². The van der Waals surface area contributed by atoms with Gasteiger partial charge >= 0.3 is 5.97 Å². The molecule has 0 saturated heterocycles. The van der Waals surface area contributed by atoms with Crippen molar-refractivity contribution in [3.8, 4) is 22.4 Å². The first-order chi connectivity index (χ1) is 15.6. The molecule has 0 spiro atoms. The van der Waals surface area contributed by atoms with Gasteiger partial charge in [0.25, 0.3) is 0 Å². The van der Waals surface area contributed by atoms with Gasteiger partial charge in [-0.25, -0.2) is 4.39 Å². The molecule has 0 radical (unpaired) electrons. The Morgan fingerprint density at radius 1 is 0.938 bits per heavy atom. The summed E-state index contributed by atoms with van der Waals surface area (Å²) < 4.78 is 18.5. The predicted octanol–water partition coefficient (Wildman–Crippen LogP) is 4.35. The molecule has 0 fully saturated rings. The number of ether oxygens (including phenoxy) is 1. The molecular weight excluding hydrogens is 411 g/mol. The number of nitrogens with one attached hydrogen (secondary N) is 2.